The fourth-order valence-corrected chi connectivity index (χ4v) is 4.97. The molecule has 1 aromatic heterocycles. The van der Waals surface area contributed by atoms with E-state index in [9.17, 15) is 22.8 Å². The van der Waals surface area contributed by atoms with Crippen LogP contribution in [0, 0.1) is 0 Å². The van der Waals surface area contributed by atoms with E-state index in [1.165, 1.54) is 40.8 Å². The molecule has 0 atom stereocenters. The predicted molar refractivity (Wildman–Crippen MR) is 121 cm³/mol. The minimum absolute atomic E-state index is 0.0174. The summed E-state index contributed by atoms with van der Waals surface area (Å²) in [5.74, 6) is -1.59. The van der Waals surface area contributed by atoms with Crippen LogP contribution in [0.2, 0.25) is 5.02 Å². The molecule has 3 aromatic rings. The summed E-state index contributed by atoms with van der Waals surface area (Å²) in [6.45, 7) is 1.04. The summed E-state index contributed by atoms with van der Waals surface area (Å²) >= 11 is 5.93. The van der Waals surface area contributed by atoms with Gasteiger partial charge in [0.25, 0.3) is 11.8 Å². The third-order valence-corrected chi connectivity index (χ3v) is 7.21. The van der Waals surface area contributed by atoms with Crippen molar-refractivity contribution in [2.45, 2.75) is 4.90 Å². The van der Waals surface area contributed by atoms with Crippen molar-refractivity contribution >= 4 is 44.3 Å². The minimum Gasteiger partial charge on any atom is -0.379 e. The Bertz CT molecular complexity index is 1400. The number of nitrogens with zero attached hydrogens (tertiary/aromatic N) is 1. The van der Waals surface area contributed by atoms with Crippen LogP contribution in [0.4, 0.5) is 0 Å². The molecule has 2 heterocycles. The number of carbonyl (C=O) groups is 2. The second-order valence-corrected chi connectivity index (χ2v) is 9.55. The third kappa shape index (κ3) is 4.76. The molecule has 0 bridgehead atoms. The molecule has 2 amide bonds. The lowest BCUT2D eigenvalue weighted by Crippen LogP contribution is -2.43. The molecule has 1 saturated heterocycles. The molecule has 4 rings (SSSR count). The summed E-state index contributed by atoms with van der Waals surface area (Å²) in [7, 11) is -3.79. The van der Waals surface area contributed by atoms with E-state index in [1.54, 1.807) is 12.1 Å². The average molecular weight is 491 g/mol. The van der Waals surface area contributed by atoms with E-state index >= 15 is 0 Å². The second-order valence-electron chi connectivity index (χ2n) is 7.17. The summed E-state index contributed by atoms with van der Waals surface area (Å²) in [6, 6.07) is 10.1. The topological polar surface area (TPSA) is 138 Å². The van der Waals surface area contributed by atoms with Crippen molar-refractivity contribution < 1.29 is 22.7 Å². The zero-order chi connectivity index (χ0) is 23.6. The first kappa shape index (κ1) is 22.9. The number of carbonyl (C=O) groups excluding carboxylic acids is 2. The Hall–Kier alpha value is -3.25. The van der Waals surface area contributed by atoms with Crippen LogP contribution >= 0.6 is 11.6 Å². The molecule has 3 N–H and O–H groups in total. The molecule has 1 aliphatic heterocycles. The lowest BCUT2D eigenvalue weighted by atomic mass is 10.1. The van der Waals surface area contributed by atoms with Crippen molar-refractivity contribution in [3.8, 4) is 0 Å². The zero-order valence-corrected chi connectivity index (χ0v) is 18.7. The molecule has 2 aromatic carbocycles. The van der Waals surface area contributed by atoms with E-state index in [2.05, 4.69) is 15.8 Å². The van der Waals surface area contributed by atoms with Crippen molar-refractivity contribution in [1.29, 1.82) is 0 Å². The summed E-state index contributed by atoms with van der Waals surface area (Å²) in [6.07, 6.45) is 1.23. The Morgan fingerprint density at radius 3 is 2.52 bits per heavy atom. The molecule has 1 aliphatic rings. The van der Waals surface area contributed by atoms with Gasteiger partial charge in [0.1, 0.15) is 5.56 Å². The standard InChI is InChI=1S/C21H19ClN4O6S/c22-14-4-5-18-16(11-14)19(27)17(12-23-18)21(29)25-24-20(28)13-2-1-3-15(10-13)33(30,31)26-6-8-32-9-7-26/h1-5,10-12H,6-9H2,(H,23,27)(H,24,28)(H,25,29). The van der Waals surface area contributed by atoms with Crippen LogP contribution < -0.4 is 16.3 Å². The van der Waals surface area contributed by atoms with Crippen molar-refractivity contribution in [2.75, 3.05) is 26.3 Å². The maximum atomic E-state index is 12.8. The third-order valence-electron chi connectivity index (χ3n) is 5.08. The Balaban J connectivity index is 1.49. The van der Waals surface area contributed by atoms with Crippen LogP contribution in [-0.2, 0) is 14.8 Å². The Morgan fingerprint density at radius 2 is 1.76 bits per heavy atom. The number of aromatic amines is 1. The summed E-state index contributed by atoms with van der Waals surface area (Å²) in [5.41, 5.74) is 4.10. The van der Waals surface area contributed by atoms with Crippen LogP contribution in [-0.4, -0.2) is 55.8 Å². The maximum Gasteiger partial charge on any atom is 0.275 e. The van der Waals surface area contributed by atoms with Gasteiger partial charge in [-0.25, -0.2) is 8.42 Å². The van der Waals surface area contributed by atoms with Crippen LogP contribution in [0.1, 0.15) is 20.7 Å². The highest BCUT2D eigenvalue weighted by Gasteiger charge is 2.27. The molecule has 10 nitrogen and oxygen atoms in total. The van der Waals surface area contributed by atoms with Gasteiger partial charge in [0, 0.05) is 40.8 Å². The van der Waals surface area contributed by atoms with Crippen LogP contribution in [0.15, 0.2) is 58.4 Å². The van der Waals surface area contributed by atoms with E-state index in [1.807, 2.05) is 0 Å². The molecule has 12 heteroatoms. The van der Waals surface area contributed by atoms with Crippen molar-refractivity contribution in [1.82, 2.24) is 20.1 Å². The average Bonchev–Trinajstić information content (AvgIpc) is 2.83. The van der Waals surface area contributed by atoms with Gasteiger partial charge in [-0.3, -0.25) is 25.2 Å². The molecule has 0 saturated carbocycles. The maximum absolute atomic E-state index is 12.8. The number of benzene rings is 2. The number of morpholine rings is 1. The zero-order valence-electron chi connectivity index (χ0n) is 17.1. The highest BCUT2D eigenvalue weighted by molar-refractivity contribution is 7.89. The highest BCUT2D eigenvalue weighted by Crippen LogP contribution is 2.18. The summed E-state index contributed by atoms with van der Waals surface area (Å²) < 4.78 is 32.1. The largest absolute Gasteiger partial charge is 0.379 e. The fraction of sp³-hybridized carbons (Fsp3) is 0.190. The number of pyridine rings is 1. The van der Waals surface area contributed by atoms with Gasteiger partial charge in [0.15, 0.2) is 0 Å². The van der Waals surface area contributed by atoms with Gasteiger partial charge in [0.05, 0.1) is 18.1 Å². The lowest BCUT2D eigenvalue weighted by molar-refractivity contribution is 0.0730. The number of sulfonamides is 1. The number of fused-ring (bicyclic) bond motifs is 1. The predicted octanol–water partition coefficient (Wildman–Crippen LogP) is 1.28. The van der Waals surface area contributed by atoms with Crippen molar-refractivity contribution in [2.24, 2.45) is 0 Å². The Labute approximate surface area is 193 Å². The fourth-order valence-electron chi connectivity index (χ4n) is 3.35. The van der Waals surface area contributed by atoms with E-state index in [0.29, 0.717) is 23.8 Å². The molecule has 0 radical (unpaired) electrons. The van der Waals surface area contributed by atoms with Crippen LogP contribution in [0.5, 0.6) is 0 Å². The summed E-state index contributed by atoms with van der Waals surface area (Å²) in [5, 5.41) is 0.563. The summed E-state index contributed by atoms with van der Waals surface area (Å²) in [4.78, 5) is 40.4. The monoisotopic (exact) mass is 490 g/mol. The first-order valence-corrected chi connectivity index (χ1v) is 11.7. The van der Waals surface area contributed by atoms with Crippen molar-refractivity contribution in [3.05, 3.63) is 75.0 Å². The molecule has 0 spiro atoms. The van der Waals surface area contributed by atoms with Gasteiger partial charge in [-0.05, 0) is 36.4 Å². The highest BCUT2D eigenvalue weighted by atomic mass is 35.5. The number of H-pyrrole nitrogens is 1. The molecule has 172 valence electrons. The number of hydrogen-bond donors (Lipinski definition) is 3. The second kappa shape index (κ2) is 9.32. The van der Waals surface area contributed by atoms with E-state index in [-0.39, 0.29) is 34.5 Å². The van der Waals surface area contributed by atoms with Crippen LogP contribution in [0.25, 0.3) is 10.9 Å². The molecular weight excluding hydrogens is 472 g/mol. The number of halogens is 1. The number of amides is 2. The number of aromatic nitrogens is 1. The number of ether oxygens (including phenoxy) is 1. The van der Waals surface area contributed by atoms with E-state index in [4.69, 9.17) is 16.3 Å². The van der Waals surface area contributed by atoms with Crippen molar-refractivity contribution in [3.63, 3.8) is 0 Å². The lowest BCUT2D eigenvalue weighted by Gasteiger charge is -2.26. The molecule has 0 aliphatic carbocycles. The van der Waals surface area contributed by atoms with E-state index in [0.717, 1.165) is 0 Å². The number of rotatable bonds is 4. The van der Waals surface area contributed by atoms with Gasteiger partial charge in [-0.1, -0.05) is 17.7 Å². The van der Waals surface area contributed by atoms with E-state index < -0.39 is 27.3 Å². The quantitative estimate of drug-likeness (QED) is 0.471. The first-order chi connectivity index (χ1) is 15.8. The molecule has 0 unspecified atom stereocenters. The molecular formula is C21H19ClN4O6S. The van der Waals surface area contributed by atoms with Crippen LogP contribution in [0.3, 0.4) is 0 Å². The normalized spacial score (nSPS) is 14.7. The number of nitrogens with one attached hydrogen (secondary N) is 3. The Kier molecular flexibility index (Phi) is 6.47. The minimum atomic E-state index is -3.79. The SMILES string of the molecule is O=C(NNC(=O)c1c[nH]c2ccc(Cl)cc2c1=O)c1cccc(S(=O)(=O)N2CCOCC2)c1. The number of hydrogen-bond acceptors (Lipinski definition) is 6. The molecule has 1 fully saturated rings. The Morgan fingerprint density at radius 1 is 1.03 bits per heavy atom. The van der Waals surface area contributed by atoms with Gasteiger partial charge >= 0.3 is 0 Å². The first-order valence-electron chi connectivity index (χ1n) is 9.87. The van der Waals surface area contributed by atoms with Gasteiger partial charge in [-0.2, -0.15) is 4.31 Å². The number of hydrazine groups is 1. The van der Waals surface area contributed by atoms with Gasteiger partial charge < -0.3 is 9.72 Å². The molecule has 33 heavy (non-hydrogen) atoms. The van der Waals surface area contributed by atoms with Gasteiger partial charge in [-0.15, -0.1) is 0 Å². The smallest absolute Gasteiger partial charge is 0.275 e. The van der Waals surface area contributed by atoms with Gasteiger partial charge in [0.2, 0.25) is 15.5 Å².